The maximum absolute atomic E-state index is 13.5. The summed E-state index contributed by atoms with van der Waals surface area (Å²) in [7, 11) is 2.15. The predicted octanol–water partition coefficient (Wildman–Crippen LogP) is 3.37. The van der Waals surface area contributed by atoms with E-state index in [0.29, 0.717) is 19.4 Å². The van der Waals surface area contributed by atoms with Gasteiger partial charge in [0.25, 0.3) is 0 Å². The van der Waals surface area contributed by atoms with Crippen LogP contribution in [0.2, 0.25) is 0 Å². The van der Waals surface area contributed by atoms with E-state index < -0.39 is 0 Å². The van der Waals surface area contributed by atoms with Gasteiger partial charge < -0.3 is 15.0 Å². The van der Waals surface area contributed by atoms with Crippen molar-refractivity contribution in [2.24, 2.45) is 0 Å². The number of nitrogens with zero attached hydrogens (tertiary/aromatic N) is 2. The van der Waals surface area contributed by atoms with Gasteiger partial charge in [-0.15, -0.1) is 0 Å². The molecule has 0 aromatic heterocycles. The Kier molecular flexibility index (Phi) is 7.39. The highest BCUT2D eigenvalue weighted by Crippen LogP contribution is 2.16. The number of amides is 1. The number of hydrogen-bond donors (Lipinski definition) is 1. The number of halogens is 1. The average Bonchev–Trinajstić information content (AvgIpc) is 2.69. The van der Waals surface area contributed by atoms with E-state index in [2.05, 4.69) is 28.2 Å². The van der Waals surface area contributed by atoms with Crippen LogP contribution in [0.25, 0.3) is 0 Å². The molecule has 1 amide bonds. The zero-order valence-corrected chi connectivity index (χ0v) is 16.4. The molecule has 0 unspecified atom stereocenters. The van der Waals surface area contributed by atoms with E-state index >= 15 is 0 Å². The Bertz CT molecular complexity index is 776. The number of rotatable bonds is 8. The Morgan fingerprint density at radius 3 is 2.68 bits per heavy atom. The van der Waals surface area contributed by atoms with Crippen molar-refractivity contribution in [2.45, 2.75) is 19.4 Å². The summed E-state index contributed by atoms with van der Waals surface area (Å²) in [4.78, 5) is 16.9. The van der Waals surface area contributed by atoms with E-state index in [4.69, 9.17) is 4.74 Å². The van der Waals surface area contributed by atoms with E-state index in [-0.39, 0.29) is 17.5 Å². The van der Waals surface area contributed by atoms with Crippen LogP contribution in [0.4, 0.5) is 10.1 Å². The SMILES string of the molecule is CN1CCN(Cc2cccc(NC(=O)CCCOc3ccccc3F)c2)CC1. The van der Waals surface area contributed by atoms with Gasteiger partial charge in [-0.1, -0.05) is 24.3 Å². The fourth-order valence-corrected chi connectivity index (χ4v) is 3.21. The summed E-state index contributed by atoms with van der Waals surface area (Å²) in [5.41, 5.74) is 2.01. The van der Waals surface area contributed by atoms with Gasteiger partial charge in [-0.3, -0.25) is 9.69 Å². The van der Waals surface area contributed by atoms with Crippen LogP contribution in [-0.4, -0.2) is 55.5 Å². The van der Waals surface area contributed by atoms with Gasteiger partial charge in [0.2, 0.25) is 5.91 Å². The summed E-state index contributed by atoms with van der Waals surface area (Å²) in [6.07, 6.45) is 0.859. The van der Waals surface area contributed by atoms with Crippen molar-refractivity contribution in [2.75, 3.05) is 45.2 Å². The van der Waals surface area contributed by atoms with Gasteiger partial charge in [0.15, 0.2) is 11.6 Å². The number of para-hydroxylation sites is 1. The molecule has 150 valence electrons. The van der Waals surface area contributed by atoms with E-state index in [1.807, 2.05) is 18.2 Å². The molecule has 0 bridgehead atoms. The minimum Gasteiger partial charge on any atom is -0.491 e. The Morgan fingerprint density at radius 1 is 1.11 bits per heavy atom. The van der Waals surface area contributed by atoms with Crippen molar-refractivity contribution in [1.82, 2.24) is 9.80 Å². The van der Waals surface area contributed by atoms with E-state index in [9.17, 15) is 9.18 Å². The molecule has 6 heteroatoms. The summed E-state index contributed by atoms with van der Waals surface area (Å²) >= 11 is 0. The number of ether oxygens (including phenoxy) is 1. The average molecular weight is 385 g/mol. The highest BCUT2D eigenvalue weighted by molar-refractivity contribution is 5.90. The van der Waals surface area contributed by atoms with Gasteiger partial charge >= 0.3 is 0 Å². The van der Waals surface area contributed by atoms with Crippen LogP contribution in [0.5, 0.6) is 5.75 Å². The third-order valence-corrected chi connectivity index (χ3v) is 4.86. The lowest BCUT2D eigenvalue weighted by Crippen LogP contribution is -2.43. The zero-order chi connectivity index (χ0) is 19.8. The van der Waals surface area contributed by atoms with Crippen LogP contribution in [0.15, 0.2) is 48.5 Å². The van der Waals surface area contributed by atoms with Gasteiger partial charge in [-0.25, -0.2) is 4.39 Å². The number of nitrogens with one attached hydrogen (secondary N) is 1. The molecule has 28 heavy (non-hydrogen) atoms. The second-order valence-electron chi connectivity index (χ2n) is 7.21. The molecule has 0 radical (unpaired) electrons. The number of hydrogen-bond acceptors (Lipinski definition) is 4. The third-order valence-electron chi connectivity index (χ3n) is 4.86. The zero-order valence-electron chi connectivity index (χ0n) is 16.4. The summed E-state index contributed by atoms with van der Waals surface area (Å²) in [5.74, 6) is -0.225. The van der Waals surface area contributed by atoms with Crippen LogP contribution in [0.1, 0.15) is 18.4 Å². The molecule has 1 heterocycles. The van der Waals surface area contributed by atoms with E-state index in [0.717, 1.165) is 38.4 Å². The molecule has 2 aromatic carbocycles. The van der Waals surface area contributed by atoms with Gasteiger partial charge in [-0.2, -0.15) is 0 Å². The monoisotopic (exact) mass is 385 g/mol. The van der Waals surface area contributed by atoms with Crippen LogP contribution in [-0.2, 0) is 11.3 Å². The highest BCUT2D eigenvalue weighted by Gasteiger charge is 2.14. The van der Waals surface area contributed by atoms with Gasteiger partial charge in [0.1, 0.15) is 0 Å². The minimum atomic E-state index is -0.385. The Hall–Kier alpha value is -2.44. The van der Waals surface area contributed by atoms with E-state index in [1.165, 1.54) is 11.6 Å². The Balaban J connectivity index is 1.40. The number of piperazine rings is 1. The number of carbonyl (C=O) groups excluding carboxylic acids is 1. The van der Waals surface area contributed by atoms with Crippen molar-refractivity contribution in [3.63, 3.8) is 0 Å². The summed E-state index contributed by atoms with van der Waals surface area (Å²) in [6.45, 7) is 5.51. The van der Waals surface area contributed by atoms with Crippen LogP contribution >= 0.6 is 0 Å². The molecule has 1 aliphatic rings. The molecule has 1 aliphatic heterocycles. The van der Waals surface area contributed by atoms with Crippen LogP contribution in [0, 0.1) is 5.82 Å². The molecule has 3 rings (SSSR count). The molecule has 0 saturated carbocycles. The molecule has 1 N–H and O–H groups in total. The predicted molar refractivity (Wildman–Crippen MR) is 109 cm³/mol. The minimum absolute atomic E-state index is 0.0612. The normalized spacial score (nSPS) is 15.4. The topological polar surface area (TPSA) is 44.8 Å². The molecule has 0 aliphatic carbocycles. The number of carbonyl (C=O) groups is 1. The smallest absolute Gasteiger partial charge is 0.224 e. The first-order valence-corrected chi connectivity index (χ1v) is 9.77. The fraction of sp³-hybridized carbons (Fsp3) is 0.409. The van der Waals surface area contributed by atoms with Crippen LogP contribution < -0.4 is 10.1 Å². The fourth-order valence-electron chi connectivity index (χ4n) is 3.21. The van der Waals surface area contributed by atoms with Crippen LogP contribution in [0.3, 0.4) is 0 Å². The number of likely N-dealkylation sites (N-methyl/N-ethyl adjacent to an activating group) is 1. The second-order valence-corrected chi connectivity index (χ2v) is 7.21. The van der Waals surface area contributed by atoms with Gasteiger partial charge in [0.05, 0.1) is 6.61 Å². The standard InChI is InChI=1S/C22H28FN3O2/c1-25-11-13-26(14-12-25)17-18-6-4-7-19(16-18)24-22(27)10-5-15-28-21-9-3-2-8-20(21)23/h2-4,6-9,16H,5,10-15,17H2,1H3,(H,24,27). The van der Waals surface area contributed by atoms with Gasteiger partial charge in [0, 0.05) is 44.8 Å². The maximum Gasteiger partial charge on any atom is 0.224 e. The molecule has 1 fully saturated rings. The first-order valence-electron chi connectivity index (χ1n) is 9.77. The number of anilines is 1. The lowest BCUT2D eigenvalue weighted by Gasteiger charge is -2.32. The first-order chi connectivity index (χ1) is 13.6. The maximum atomic E-state index is 13.5. The quantitative estimate of drug-likeness (QED) is 0.708. The van der Waals surface area contributed by atoms with Gasteiger partial charge in [-0.05, 0) is 43.3 Å². The largest absolute Gasteiger partial charge is 0.491 e. The second kappa shape index (κ2) is 10.2. The lowest BCUT2D eigenvalue weighted by atomic mass is 10.1. The highest BCUT2D eigenvalue weighted by atomic mass is 19.1. The van der Waals surface area contributed by atoms with E-state index in [1.54, 1.807) is 18.2 Å². The van der Waals surface area contributed by atoms with Crippen molar-refractivity contribution in [3.05, 3.63) is 59.9 Å². The summed E-state index contributed by atoms with van der Waals surface area (Å²) in [6, 6.07) is 14.3. The first kappa shape index (κ1) is 20.3. The molecule has 1 saturated heterocycles. The molecule has 5 nitrogen and oxygen atoms in total. The van der Waals surface area contributed by atoms with Crippen molar-refractivity contribution >= 4 is 11.6 Å². The van der Waals surface area contributed by atoms with Crippen molar-refractivity contribution < 1.29 is 13.9 Å². The molecular weight excluding hydrogens is 357 g/mol. The molecule has 0 spiro atoms. The van der Waals surface area contributed by atoms with Crippen molar-refractivity contribution in [1.29, 1.82) is 0 Å². The molecule has 2 aromatic rings. The molecular formula is C22H28FN3O2. The van der Waals surface area contributed by atoms with Crippen molar-refractivity contribution in [3.8, 4) is 5.75 Å². The summed E-state index contributed by atoms with van der Waals surface area (Å²) < 4.78 is 18.9. The molecule has 0 atom stereocenters. The summed E-state index contributed by atoms with van der Waals surface area (Å²) in [5, 5.41) is 2.94. The Labute approximate surface area is 166 Å². The Morgan fingerprint density at radius 2 is 1.89 bits per heavy atom. The third kappa shape index (κ3) is 6.32. The lowest BCUT2D eigenvalue weighted by molar-refractivity contribution is -0.116. The number of benzene rings is 2.